The van der Waals surface area contributed by atoms with Gasteiger partial charge >= 0.3 is 0 Å². The third-order valence-corrected chi connectivity index (χ3v) is 8.07. The lowest BCUT2D eigenvalue weighted by molar-refractivity contribution is 0.871. The van der Waals surface area contributed by atoms with Crippen LogP contribution >= 0.6 is 0 Å². The molecule has 1 aliphatic rings. The quantitative estimate of drug-likeness (QED) is 0.238. The predicted molar refractivity (Wildman–Crippen MR) is 163 cm³/mol. The van der Waals surface area contributed by atoms with E-state index in [0.717, 1.165) is 24.2 Å². The van der Waals surface area contributed by atoms with Crippen molar-refractivity contribution in [2.75, 3.05) is 0 Å². The number of hydrogen-bond donors (Lipinski definition) is 0. The Morgan fingerprint density at radius 1 is 0.675 bits per heavy atom. The maximum Gasteiger partial charge on any atom is 0.137 e. The van der Waals surface area contributed by atoms with E-state index in [1.54, 1.807) is 6.20 Å². The van der Waals surface area contributed by atoms with Gasteiger partial charge in [-0.15, -0.1) is 0 Å². The van der Waals surface area contributed by atoms with E-state index in [9.17, 15) is 5.26 Å². The average Bonchev–Trinajstić information content (AvgIpc) is 3.54. The molecule has 188 valence electrons. The number of benzene rings is 4. The van der Waals surface area contributed by atoms with Crippen LogP contribution in [0.4, 0.5) is 0 Å². The Bertz CT molecular complexity index is 2150. The maximum absolute atomic E-state index is 9.24. The van der Waals surface area contributed by atoms with E-state index in [-0.39, 0.29) is 0 Å². The second kappa shape index (κ2) is 8.83. The molecular weight excluding hydrogens is 488 g/mol. The van der Waals surface area contributed by atoms with E-state index in [4.69, 9.17) is 0 Å². The van der Waals surface area contributed by atoms with Crippen molar-refractivity contribution in [2.45, 2.75) is 12.8 Å². The number of allylic oxidation sites excluding steroid dienone is 1. The molecule has 4 aromatic carbocycles. The van der Waals surface area contributed by atoms with Crippen molar-refractivity contribution in [1.29, 1.82) is 5.26 Å². The Kier molecular flexibility index (Phi) is 4.98. The molecule has 0 N–H and O–H groups in total. The van der Waals surface area contributed by atoms with E-state index in [2.05, 4.69) is 123 Å². The minimum atomic E-state index is 0.570. The molecule has 0 unspecified atom stereocenters. The first-order valence-electron chi connectivity index (χ1n) is 13.6. The minimum absolute atomic E-state index is 0.570. The van der Waals surface area contributed by atoms with Gasteiger partial charge in [0.15, 0.2) is 0 Å². The highest BCUT2D eigenvalue weighted by molar-refractivity contribution is 6.10. The lowest BCUT2D eigenvalue weighted by Gasteiger charge is -2.12. The molecule has 0 saturated carbocycles. The summed E-state index contributed by atoms with van der Waals surface area (Å²) in [7, 11) is 0. The minimum Gasteiger partial charge on any atom is -0.309 e. The number of rotatable bonds is 3. The summed E-state index contributed by atoms with van der Waals surface area (Å²) in [4.78, 5) is 4.64. The van der Waals surface area contributed by atoms with Gasteiger partial charge in [-0.2, -0.15) is 5.26 Å². The standard InChI is InChI=1S/C36H24N4/c37-22-24-14-19-36(38-23-24)40-33-13-7-5-11-29(33)31-21-26(16-18-35(31)40)25-15-17-34-30(20-25)28-10-4-6-12-32(28)39(34)27-8-2-1-3-9-27/h1-6,8-12,14-21,23H,7,13H2. The summed E-state index contributed by atoms with van der Waals surface area (Å²) < 4.78 is 4.61. The number of nitriles is 1. The van der Waals surface area contributed by atoms with Gasteiger partial charge in [0, 0.05) is 39.3 Å². The van der Waals surface area contributed by atoms with Crippen molar-refractivity contribution in [2.24, 2.45) is 0 Å². The second-order valence-electron chi connectivity index (χ2n) is 10.3. The highest BCUT2D eigenvalue weighted by Crippen LogP contribution is 2.38. The van der Waals surface area contributed by atoms with Crippen LogP contribution in [0.5, 0.6) is 0 Å². The smallest absolute Gasteiger partial charge is 0.137 e. The fraction of sp³-hybridized carbons (Fsp3) is 0.0556. The van der Waals surface area contributed by atoms with Crippen molar-refractivity contribution in [1.82, 2.24) is 14.1 Å². The summed E-state index contributed by atoms with van der Waals surface area (Å²) >= 11 is 0. The average molecular weight is 513 g/mol. The van der Waals surface area contributed by atoms with Crippen LogP contribution in [0.25, 0.3) is 61.4 Å². The topological polar surface area (TPSA) is 46.5 Å². The Morgan fingerprint density at radius 2 is 1.40 bits per heavy atom. The Morgan fingerprint density at radius 3 is 2.17 bits per heavy atom. The first-order valence-corrected chi connectivity index (χ1v) is 13.6. The third kappa shape index (κ3) is 3.35. The number of pyridine rings is 1. The summed E-state index contributed by atoms with van der Waals surface area (Å²) in [5.74, 6) is 0.850. The van der Waals surface area contributed by atoms with Crippen LogP contribution in [0.15, 0.2) is 115 Å². The fourth-order valence-corrected chi connectivity index (χ4v) is 6.26. The first kappa shape index (κ1) is 22.6. The van der Waals surface area contributed by atoms with Crippen LogP contribution in [0.2, 0.25) is 0 Å². The van der Waals surface area contributed by atoms with E-state index >= 15 is 0 Å². The van der Waals surface area contributed by atoms with Gasteiger partial charge in [0.1, 0.15) is 11.9 Å². The lowest BCUT2D eigenvalue weighted by atomic mass is 9.98. The zero-order chi connectivity index (χ0) is 26.6. The van der Waals surface area contributed by atoms with Crippen molar-refractivity contribution in [3.63, 3.8) is 0 Å². The molecule has 0 fully saturated rings. The molecule has 4 nitrogen and oxygen atoms in total. The Hall–Kier alpha value is -5.40. The van der Waals surface area contributed by atoms with Gasteiger partial charge < -0.3 is 4.57 Å². The van der Waals surface area contributed by atoms with Gasteiger partial charge in [-0.25, -0.2) is 4.98 Å². The Balaban J connectivity index is 1.32. The SMILES string of the molecule is N#Cc1ccc(-n2c3c(c4cc(-c5ccc6c(c5)c5ccccc5n6-c5ccccc5)ccc42)C=CCC3)nc1. The largest absolute Gasteiger partial charge is 0.309 e. The Labute approximate surface area is 231 Å². The molecule has 4 heteroatoms. The highest BCUT2D eigenvalue weighted by atomic mass is 15.1. The molecule has 1 aliphatic carbocycles. The van der Waals surface area contributed by atoms with Crippen molar-refractivity contribution in [3.8, 4) is 28.7 Å². The molecular formula is C36H24N4. The van der Waals surface area contributed by atoms with Crippen LogP contribution in [0.3, 0.4) is 0 Å². The van der Waals surface area contributed by atoms with Crippen LogP contribution < -0.4 is 0 Å². The molecule has 0 atom stereocenters. The van der Waals surface area contributed by atoms with Gasteiger partial charge in [-0.1, -0.05) is 60.7 Å². The van der Waals surface area contributed by atoms with Crippen LogP contribution in [-0.4, -0.2) is 14.1 Å². The molecule has 8 rings (SSSR count). The van der Waals surface area contributed by atoms with Crippen LogP contribution in [0, 0.1) is 11.3 Å². The van der Waals surface area contributed by atoms with E-state index in [1.165, 1.54) is 55.3 Å². The molecule has 40 heavy (non-hydrogen) atoms. The monoisotopic (exact) mass is 512 g/mol. The van der Waals surface area contributed by atoms with Crippen molar-refractivity contribution >= 4 is 38.8 Å². The zero-order valence-electron chi connectivity index (χ0n) is 21.8. The van der Waals surface area contributed by atoms with Gasteiger partial charge in [0.05, 0.1) is 22.1 Å². The lowest BCUT2D eigenvalue weighted by Crippen LogP contribution is -2.04. The summed E-state index contributed by atoms with van der Waals surface area (Å²) in [5.41, 5.74) is 10.2. The maximum atomic E-state index is 9.24. The second-order valence-corrected chi connectivity index (χ2v) is 10.3. The molecule has 0 bridgehead atoms. The number of hydrogen-bond acceptors (Lipinski definition) is 2. The summed E-state index contributed by atoms with van der Waals surface area (Å²) in [5, 5.41) is 13.0. The summed E-state index contributed by atoms with van der Waals surface area (Å²) in [6.07, 6.45) is 8.13. The summed E-state index contributed by atoms with van der Waals surface area (Å²) in [6, 6.07) is 38.8. The number of para-hydroxylation sites is 2. The molecule has 0 aliphatic heterocycles. The van der Waals surface area contributed by atoms with Gasteiger partial charge in [-0.3, -0.25) is 4.57 Å². The fourth-order valence-electron chi connectivity index (χ4n) is 6.26. The summed E-state index contributed by atoms with van der Waals surface area (Å²) in [6.45, 7) is 0. The molecule has 3 aromatic heterocycles. The molecule has 7 aromatic rings. The molecule has 0 saturated heterocycles. The van der Waals surface area contributed by atoms with Gasteiger partial charge in [0.25, 0.3) is 0 Å². The molecule has 3 heterocycles. The molecule has 0 amide bonds. The molecule has 0 radical (unpaired) electrons. The van der Waals surface area contributed by atoms with E-state index < -0.39 is 0 Å². The normalized spacial score (nSPS) is 12.7. The van der Waals surface area contributed by atoms with Crippen molar-refractivity contribution < 1.29 is 0 Å². The van der Waals surface area contributed by atoms with Gasteiger partial charge in [-0.05, 0) is 78.6 Å². The van der Waals surface area contributed by atoms with Crippen molar-refractivity contribution in [3.05, 3.63) is 132 Å². The zero-order valence-corrected chi connectivity index (χ0v) is 21.8. The number of fused-ring (bicyclic) bond motifs is 6. The van der Waals surface area contributed by atoms with E-state index in [0.29, 0.717) is 5.56 Å². The number of nitrogens with zero attached hydrogens (tertiary/aromatic N) is 4. The van der Waals surface area contributed by atoms with Crippen LogP contribution in [-0.2, 0) is 6.42 Å². The number of aromatic nitrogens is 3. The van der Waals surface area contributed by atoms with E-state index in [1.807, 2.05) is 12.1 Å². The molecule has 0 spiro atoms. The van der Waals surface area contributed by atoms with Gasteiger partial charge in [0.2, 0.25) is 0 Å². The van der Waals surface area contributed by atoms with Crippen LogP contribution in [0.1, 0.15) is 23.2 Å². The highest BCUT2D eigenvalue weighted by Gasteiger charge is 2.20. The third-order valence-electron chi connectivity index (χ3n) is 8.07. The predicted octanol–water partition coefficient (Wildman–Crippen LogP) is 8.62. The first-order chi connectivity index (χ1) is 19.8.